The van der Waals surface area contributed by atoms with Crippen LogP contribution in [-0.2, 0) is 14.4 Å². The van der Waals surface area contributed by atoms with Crippen LogP contribution in [0.25, 0.3) is 0 Å². The zero-order chi connectivity index (χ0) is 17.0. The average molecular weight is 337 g/mol. The van der Waals surface area contributed by atoms with Gasteiger partial charge < -0.3 is 10.6 Å². The summed E-state index contributed by atoms with van der Waals surface area (Å²) in [5, 5.41) is 4.91. The lowest BCUT2D eigenvalue weighted by atomic mass is 9.91. The fourth-order valence-corrected chi connectivity index (χ4v) is 2.65. The Balaban J connectivity index is 1.80. The van der Waals surface area contributed by atoms with Crippen molar-refractivity contribution in [3.05, 3.63) is 23.9 Å². The summed E-state index contributed by atoms with van der Waals surface area (Å²) < 4.78 is 0. The van der Waals surface area contributed by atoms with Gasteiger partial charge in [-0.05, 0) is 25.8 Å². The van der Waals surface area contributed by atoms with Gasteiger partial charge in [-0.1, -0.05) is 23.9 Å². The first-order valence-corrected chi connectivity index (χ1v) is 8.23. The summed E-state index contributed by atoms with van der Waals surface area (Å²) in [6, 6.07) is 0. The van der Waals surface area contributed by atoms with Crippen molar-refractivity contribution in [1.29, 1.82) is 0 Å². The highest BCUT2D eigenvalue weighted by atomic mass is 32.2. The van der Waals surface area contributed by atoms with Crippen molar-refractivity contribution in [3.63, 3.8) is 0 Å². The van der Waals surface area contributed by atoms with E-state index in [-0.39, 0.29) is 30.0 Å². The quantitative estimate of drug-likeness (QED) is 0.699. The Morgan fingerprint density at radius 3 is 2.57 bits per heavy atom. The molecule has 1 heterocycles. The second-order valence-electron chi connectivity index (χ2n) is 5.78. The number of allylic oxidation sites excluding steroid dienone is 3. The standard InChI is InChI=1S/C15H19N3O4S/c1-15(2,13(21)17-8-10-4-3-5-10)12(20)16-6-7-18-11(19)9-23-14(18)22/h3-4,8H,5-7,9H2,1-2H3,(H,16,20)(H,17,21)/b10-8+. The molecule has 0 bridgehead atoms. The minimum Gasteiger partial charge on any atom is -0.353 e. The summed E-state index contributed by atoms with van der Waals surface area (Å²) in [5.41, 5.74) is -0.253. The predicted molar refractivity (Wildman–Crippen MR) is 86.3 cm³/mol. The van der Waals surface area contributed by atoms with Crippen molar-refractivity contribution in [1.82, 2.24) is 15.5 Å². The number of hydrogen-bond acceptors (Lipinski definition) is 5. The maximum Gasteiger partial charge on any atom is 0.288 e. The highest BCUT2D eigenvalue weighted by Gasteiger charge is 2.36. The van der Waals surface area contributed by atoms with E-state index in [1.54, 1.807) is 6.20 Å². The summed E-state index contributed by atoms with van der Waals surface area (Å²) in [5.74, 6) is -0.980. The van der Waals surface area contributed by atoms with Gasteiger partial charge in [0.1, 0.15) is 5.41 Å². The van der Waals surface area contributed by atoms with Crippen molar-refractivity contribution < 1.29 is 19.2 Å². The van der Waals surface area contributed by atoms with Crippen molar-refractivity contribution in [2.75, 3.05) is 18.8 Å². The van der Waals surface area contributed by atoms with Crippen molar-refractivity contribution in [3.8, 4) is 0 Å². The van der Waals surface area contributed by atoms with Crippen LogP contribution in [-0.4, -0.2) is 46.7 Å². The second-order valence-corrected chi connectivity index (χ2v) is 6.71. The lowest BCUT2D eigenvalue weighted by Gasteiger charge is -2.23. The molecule has 0 atom stereocenters. The number of thioether (sulfide) groups is 1. The third-order valence-corrected chi connectivity index (χ3v) is 4.53. The molecule has 0 aromatic rings. The van der Waals surface area contributed by atoms with E-state index in [4.69, 9.17) is 0 Å². The summed E-state index contributed by atoms with van der Waals surface area (Å²) in [7, 11) is 0. The van der Waals surface area contributed by atoms with Crippen LogP contribution < -0.4 is 10.6 Å². The molecule has 2 N–H and O–H groups in total. The molecule has 23 heavy (non-hydrogen) atoms. The molecular weight excluding hydrogens is 318 g/mol. The number of nitrogens with zero attached hydrogens (tertiary/aromatic N) is 1. The molecule has 1 aliphatic heterocycles. The second kappa shape index (κ2) is 6.99. The third kappa shape index (κ3) is 4.01. The van der Waals surface area contributed by atoms with Crippen LogP contribution in [0.3, 0.4) is 0 Å². The zero-order valence-corrected chi connectivity index (χ0v) is 13.9. The van der Waals surface area contributed by atoms with Crippen LogP contribution in [0.5, 0.6) is 0 Å². The maximum absolute atomic E-state index is 12.2. The highest BCUT2D eigenvalue weighted by molar-refractivity contribution is 8.14. The van der Waals surface area contributed by atoms with E-state index >= 15 is 0 Å². The molecular formula is C15H19N3O4S. The monoisotopic (exact) mass is 337 g/mol. The summed E-state index contributed by atoms with van der Waals surface area (Å²) >= 11 is 0.948. The third-order valence-electron chi connectivity index (χ3n) is 3.67. The molecule has 1 aliphatic carbocycles. The first kappa shape index (κ1) is 17.3. The lowest BCUT2D eigenvalue weighted by molar-refractivity contribution is -0.141. The number of nitrogens with one attached hydrogen (secondary N) is 2. The Morgan fingerprint density at radius 2 is 2.04 bits per heavy atom. The van der Waals surface area contributed by atoms with E-state index in [1.165, 1.54) is 13.8 Å². The molecule has 1 saturated heterocycles. The van der Waals surface area contributed by atoms with Crippen molar-refractivity contribution in [2.45, 2.75) is 20.3 Å². The molecule has 2 aliphatic rings. The fourth-order valence-electron chi connectivity index (χ4n) is 1.90. The van der Waals surface area contributed by atoms with Gasteiger partial charge in [0.15, 0.2) is 0 Å². The normalized spacial score (nSPS) is 19.0. The van der Waals surface area contributed by atoms with Crippen LogP contribution >= 0.6 is 11.8 Å². The summed E-state index contributed by atoms with van der Waals surface area (Å²) in [4.78, 5) is 48.3. The van der Waals surface area contributed by atoms with Gasteiger partial charge in [0, 0.05) is 19.3 Å². The van der Waals surface area contributed by atoms with Gasteiger partial charge in [0.2, 0.25) is 17.7 Å². The molecule has 0 spiro atoms. The van der Waals surface area contributed by atoms with E-state index in [1.807, 2.05) is 12.2 Å². The first-order valence-electron chi connectivity index (χ1n) is 7.24. The molecule has 0 saturated carbocycles. The molecule has 0 aromatic carbocycles. The Labute approximate surface area is 138 Å². The maximum atomic E-state index is 12.2. The topological polar surface area (TPSA) is 95.6 Å². The van der Waals surface area contributed by atoms with Gasteiger partial charge in [-0.25, -0.2) is 0 Å². The number of imide groups is 1. The van der Waals surface area contributed by atoms with Gasteiger partial charge in [0.25, 0.3) is 5.24 Å². The van der Waals surface area contributed by atoms with Gasteiger partial charge >= 0.3 is 0 Å². The molecule has 1 fully saturated rings. The van der Waals surface area contributed by atoms with Crippen LogP contribution in [0.1, 0.15) is 20.3 Å². The smallest absolute Gasteiger partial charge is 0.288 e. The van der Waals surface area contributed by atoms with Crippen LogP contribution in [0.15, 0.2) is 23.9 Å². The number of hydrogen-bond donors (Lipinski definition) is 2. The minimum atomic E-state index is -1.25. The number of carbonyl (C=O) groups is 4. The molecule has 124 valence electrons. The fraction of sp³-hybridized carbons (Fsp3) is 0.467. The van der Waals surface area contributed by atoms with Crippen LogP contribution in [0.2, 0.25) is 0 Å². The van der Waals surface area contributed by atoms with E-state index in [0.29, 0.717) is 0 Å². The Kier molecular flexibility index (Phi) is 5.25. The molecule has 2 rings (SSSR count). The largest absolute Gasteiger partial charge is 0.353 e. The van der Waals surface area contributed by atoms with E-state index in [2.05, 4.69) is 10.6 Å². The molecule has 0 radical (unpaired) electrons. The van der Waals surface area contributed by atoms with Gasteiger partial charge in [-0.15, -0.1) is 0 Å². The Morgan fingerprint density at radius 1 is 1.35 bits per heavy atom. The summed E-state index contributed by atoms with van der Waals surface area (Å²) in [6.07, 6.45) is 6.25. The first-order chi connectivity index (χ1) is 10.8. The molecule has 7 nitrogen and oxygen atoms in total. The van der Waals surface area contributed by atoms with Gasteiger partial charge in [0.05, 0.1) is 5.75 Å². The van der Waals surface area contributed by atoms with Crippen LogP contribution in [0.4, 0.5) is 4.79 Å². The lowest BCUT2D eigenvalue weighted by Crippen LogP contribution is -2.48. The van der Waals surface area contributed by atoms with E-state index < -0.39 is 17.2 Å². The van der Waals surface area contributed by atoms with Gasteiger partial charge in [-0.3, -0.25) is 24.1 Å². The molecule has 8 heteroatoms. The predicted octanol–water partition coefficient (Wildman–Crippen LogP) is 0.784. The van der Waals surface area contributed by atoms with E-state index in [0.717, 1.165) is 28.7 Å². The number of carbonyl (C=O) groups excluding carboxylic acids is 4. The molecule has 0 unspecified atom stereocenters. The van der Waals surface area contributed by atoms with Gasteiger partial charge in [-0.2, -0.15) is 0 Å². The number of amides is 4. The highest BCUT2D eigenvalue weighted by Crippen LogP contribution is 2.19. The SMILES string of the molecule is CC(C)(C(=O)N/C=C1\C=CC1)C(=O)NCCN1C(=O)CSC1=O. The van der Waals surface area contributed by atoms with Crippen molar-refractivity contribution >= 4 is 34.7 Å². The minimum absolute atomic E-state index is 0.114. The Hall–Kier alpha value is -2.09. The summed E-state index contributed by atoms with van der Waals surface area (Å²) in [6.45, 7) is 3.28. The van der Waals surface area contributed by atoms with Crippen molar-refractivity contribution in [2.24, 2.45) is 5.41 Å². The zero-order valence-electron chi connectivity index (χ0n) is 13.0. The average Bonchev–Trinajstić information content (AvgIpc) is 2.76. The molecule has 4 amide bonds. The Bertz CT molecular complexity index is 594. The van der Waals surface area contributed by atoms with E-state index in [9.17, 15) is 19.2 Å². The number of rotatable bonds is 6. The molecule has 0 aromatic heterocycles. The van der Waals surface area contributed by atoms with Crippen LogP contribution in [0, 0.1) is 5.41 Å².